The Hall–Kier alpha value is -1.84. The molecule has 0 atom stereocenters. The maximum absolute atomic E-state index is 5.92. The first kappa shape index (κ1) is 10.3. The number of nitrogens with two attached hydrogens (primary N) is 1. The van der Waals surface area contributed by atoms with Gasteiger partial charge in [0.1, 0.15) is 0 Å². The van der Waals surface area contributed by atoms with Crippen LogP contribution in [0.3, 0.4) is 0 Å². The average Bonchev–Trinajstić information content (AvgIpc) is 3.12. The van der Waals surface area contributed by atoms with Gasteiger partial charge in [0.15, 0.2) is 5.82 Å². The number of benzene rings is 1. The van der Waals surface area contributed by atoms with E-state index < -0.39 is 0 Å². The van der Waals surface area contributed by atoms with Crippen LogP contribution in [0.1, 0.15) is 36.9 Å². The standard InChI is InChI=1S/C13H16N4/c1-2-9-5-3-4-6-11(9)17-12(10-7-8-10)13(14)15-16-17/h3-6,10H,2,7-8,14H2,1H3. The monoisotopic (exact) mass is 228 g/mol. The van der Waals surface area contributed by atoms with Gasteiger partial charge in [-0.15, -0.1) is 5.10 Å². The Balaban J connectivity index is 2.14. The Morgan fingerprint density at radius 2 is 2.12 bits per heavy atom. The van der Waals surface area contributed by atoms with Gasteiger partial charge in [0.05, 0.1) is 11.4 Å². The molecule has 0 spiro atoms. The fourth-order valence-corrected chi connectivity index (χ4v) is 2.23. The summed E-state index contributed by atoms with van der Waals surface area (Å²) in [7, 11) is 0. The van der Waals surface area contributed by atoms with E-state index in [0.29, 0.717) is 11.7 Å². The van der Waals surface area contributed by atoms with Crippen LogP contribution in [-0.2, 0) is 6.42 Å². The Kier molecular flexibility index (Phi) is 2.35. The molecule has 1 aliphatic rings. The summed E-state index contributed by atoms with van der Waals surface area (Å²) in [5, 5.41) is 8.22. The summed E-state index contributed by atoms with van der Waals surface area (Å²) in [6.45, 7) is 2.15. The predicted molar refractivity (Wildman–Crippen MR) is 67.1 cm³/mol. The molecule has 88 valence electrons. The maximum Gasteiger partial charge on any atom is 0.169 e. The minimum Gasteiger partial charge on any atom is -0.381 e. The van der Waals surface area contributed by atoms with Gasteiger partial charge in [-0.25, -0.2) is 4.68 Å². The van der Waals surface area contributed by atoms with Gasteiger partial charge in [-0.05, 0) is 30.9 Å². The summed E-state index contributed by atoms with van der Waals surface area (Å²) < 4.78 is 1.92. The van der Waals surface area contributed by atoms with Crippen molar-refractivity contribution in [2.24, 2.45) is 0 Å². The van der Waals surface area contributed by atoms with E-state index >= 15 is 0 Å². The number of rotatable bonds is 3. The molecule has 1 heterocycles. The van der Waals surface area contributed by atoms with E-state index in [4.69, 9.17) is 5.73 Å². The number of hydrogen-bond donors (Lipinski definition) is 1. The topological polar surface area (TPSA) is 56.7 Å². The lowest BCUT2D eigenvalue weighted by molar-refractivity contribution is 0.755. The zero-order valence-corrected chi connectivity index (χ0v) is 9.93. The van der Waals surface area contributed by atoms with Crippen molar-refractivity contribution in [3.8, 4) is 5.69 Å². The molecule has 3 rings (SSSR count). The van der Waals surface area contributed by atoms with E-state index in [0.717, 1.165) is 17.8 Å². The summed E-state index contributed by atoms with van der Waals surface area (Å²) in [4.78, 5) is 0. The lowest BCUT2D eigenvalue weighted by Gasteiger charge is -2.10. The van der Waals surface area contributed by atoms with Gasteiger partial charge in [-0.1, -0.05) is 30.3 Å². The SMILES string of the molecule is CCc1ccccc1-n1nnc(N)c1C1CC1. The van der Waals surface area contributed by atoms with Gasteiger partial charge in [0.2, 0.25) is 0 Å². The first-order valence-corrected chi connectivity index (χ1v) is 6.10. The summed E-state index contributed by atoms with van der Waals surface area (Å²) in [6.07, 6.45) is 3.39. The lowest BCUT2D eigenvalue weighted by atomic mass is 10.1. The molecule has 4 nitrogen and oxygen atoms in total. The van der Waals surface area contributed by atoms with Gasteiger partial charge in [-0.3, -0.25) is 0 Å². The highest BCUT2D eigenvalue weighted by Crippen LogP contribution is 2.42. The Morgan fingerprint density at radius 1 is 1.35 bits per heavy atom. The zero-order chi connectivity index (χ0) is 11.8. The minimum atomic E-state index is 0.551. The van der Waals surface area contributed by atoms with Crippen LogP contribution in [-0.4, -0.2) is 15.0 Å². The molecule has 0 bridgehead atoms. The van der Waals surface area contributed by atoms with Gasteiger partial charge in [0, 0.05) is 5.92 Å². The summed E-state index contributed by atoms with van der Waals surface area (Å²) in [5.74, 6) is 1.13. The van der Waals surface area contributed by atoms with Crippen molar-refractivity contribution in [1.29, 1.82) is 0 Å². The highest BCUT2D eigenvalue weighted by molar-refractivity contribution is 5.47. The Morgan fingerprint density at radius 3 is 2.82 bits per heavy atom. The van der Waals surface area contributed by atoms with Gasteiger partial charge < -0.3 is 5.73 Å². The zero-order valence-electron chi connectivity index (χ0n) is 9.93. The van der Waals surface area contributed by atoms with Crippen molar-refractivity contribution < 1.29 is 0 Å². The number of nitrogen functional groups attached to an aromatic ring is 1. The molecule has 1 aromatic carbocycles. The third-order valence-corrected chi connectivity index (χ3v) is 3.30. The van der Waals surface area contributed by atoms with Crippen LogP contribution in [0.4, 0.5) is 5.82 Å². The normalized spacial score (nSPS) is 15.1. The first-order valence-electron chi connectivity index (χ1n) is 6.10. The van der Waals surface area contributed by atoms with Crippen molar-refractivity contribution in [2.45, 2.75) is 32.1 Å². The fourth-order valence-electron chi connectivity index (χ4n) is 2.23. The van der Waals surface area contributed by atoms with Crippen LogP contribution in [0.25, 0.3) is 5.69 Å². The number of hydrogen-bond acceptors (Lipinski definition) is 3. The molecule has 17 heavy (non-hydrogen) atoms. The average molecular weight is 228 g/mol. The first-order chi connectivity index (χ1) is 8.31. The molecule has 2 aromatic rings. The maximum atomic E-state index is 5.92. The quantitative estimate of drug-likeness (QED) is 0.876. The molecule has 0 radical (unpaired) electrons. The number of para-hydroxylation sites is 1. The van der Waals surface area contributed by atoms with Gasteiger partial charge in [0.25, 0.3) is 0 Å². The molecule has 1 aliphatic carbocycles. The van der Waals surface area contributed by atoms with E-state index in [1.54, 1.807) is 0 Å². The number of aromatic nitrogens is 3. The van der Waals surface area contributed by atoms with E-state index in [9.17, 15) is 0 Å². The van der Waals surface area contributed by atoms with Crippen LogP contribution in [0.2, 0.25) is 0 Å². The predicted octanol–water partition coefficient (Wildman–Crippen LogP) is 2.29. The molecule has 0 amide bonds. The molecule has 0 unspecified atom stereocenters. The second kappa shape index (κ2) is 3.87. The third kappa shape index (κ3) is 1.69. The van der Waals surface area contributed by atoms with E-state index in [-0.39, 0.29) is 0 Å². The number of nitrogens with zero attached hydrogens (tertiary/aromatic N) is 3. The van der Waals surface area contributed by atoms with Crippen LogP contribution >= 0.6 is 0 Å². The number of anilines is 1. The Labute approximate surface area is 100 Å². The van der Waals surface area contributed by atoms with Crippen LogP contribution < -0.4 is 5.73 Å². The van der Waals surface area contributed by atoms with Crippen molar-refractivity contribution in [3.05, 3.63) is 35.5 Å². The molecule has 4 heteroatoms. The molecule has 1 aromatic heterocycles. The summed E-state index contributed by atoms with van der Waals surface area (Å²) in [6, 6.07) is 8.30. The molecule has 2 N–H and O–H groups in total. The third-order valence-electron chi connectivity index (χ3n) is 3.30. The molecular formula is C13H16N4. The van der Waals surface area contributed by atoms with Crippen LogP contribution in [0, 0.1) is 0 Å². The minimum absolute atomic E-state index is 0.551. The molecule has 1 fully saturated rings. The van der Waals surface area contributed by atoms with Crippen molar-refractivity contribution in [3.63, 3.8) is 0 Å². The largest absolute Gasteiger partial charge is 0.381 e. The summed E-state index contributed by atoms with van der Waals surface area (Å²) >= 11 is 0. The highest BCUT2D eigenvalue weighted by atomic mass is 15.4. The van der Waals surface area contributed by atoms with Crippen LogP contribution in [0.15, 0.2) is 24.3 Å². The van der Waals surface area contributed by atoms with Crippen LogP contribution in [0.5, 0.6) is 0 Å². The van der Waals surface area contributed by atoms with E-state index in [1.807, 2.05) is 10.7 Å². The summed E-state index contributed by atoms with van der Waals surface area (Å²) in [5.41, 5.74) is 9.39. The molecule has 0 saturated heterocycles. The van der Waals surface area contributed by atoms with Crippen molar-refractivity contribution >= 4 is 5.82 Å². The Bertz CT molecular complexity index is 540. The number of aryl methyl sites for hydroxylation is 1. The van der Waals surface area contributed by atoms with E-state index in [1.165, 1.54) is 18.4 Å². The highest BCUT2D eigenvalue weighted by Gasteiger charge is 2.31. The fraction of sp³-hybridized carbons (Fsp3) is 0.385. The smallest absolute Gasteiger partial charge is 0.169 e. The molecule has 1 saturated carbocycles. The van der Waals surface area contributed by atoms with Gasteiger partial charge >= 0.3 is 0 Å². The van der Waals surface area contributed by atoms with Crippen molar-refractivity contribution in [2.75, 3.05) is 5.73 Å². The second-order valence-electron chi connectivity index (χ2n) is 4.53. The lowest BCUT2D eigenvalue weighted by Crippen LogP contribution is -2.05. The van der Waals surface area contributed by atoms with E-state index in [2.05, 4.69) is 35.4 Å². The second-order valence-corrected chi connectivity index (χ2v) is 4.53. The van der Waals surface area contributed by atoms with Crippen molar-refractivity contribution in [1.82, 2.24) is 15.0 Å². The molecular weight excluding hydrogens is 212 g/mol. The molecule has 0 aliphatic heterocycles. The van der Waals surface area contributed by atoms with Gasteiger partial charge in [-0.2, -0.15) is 0 Å².